The summed E-state index contributed by atoms with van der Waals surface area (Å²) in [6.45, 7) is 0.618. The number of nitrogens with zero attached hydrogens (tertiary/aromatic N) is 1. The van der Waals surface area contributed by atoms with Crippen molar-refractivity contribution in [3.05, 3.63) is 64.7 Å². The molecule has 0 radical (unpaired) electrons. The zero-order chi connectivity index (χ0) is 18.0. The summed E-state index contributed by atoms with van der Waals surface area (Å²) < 4.78 is 53.9. The van der Waals surface area contributed by atoms with Crippen LogP contribution in [0.5, 0.6) is 0 Å². The number of sulfonamides is 1. The van der Waals surface area contributed by atoms with Crippen LogP contribution < -0.4 is 0 Å². The topological polar surface area (TPSA) is 37.4 Å². The molecule has 0 aromatic heterocycles. The van der Waals surface area contributed by atoms with E-state index in [1.54, 1.807) is 12.1 Å². The molecule has 3 rings (SSSR count). The van der Waals surface area contributed by atoms with Crippen molar-refractivity contribution in [1.29, 1.82) is 0 Å². The van der Waals surface area contributed by atoms with Gasteiger partial charge in [0.25, 0.3) is 0 Å². The van der Waals surface area contributed by atoms with E-state index in [4.69, 9.17) is 11.6 Å². The third kappa shape index (κ3) is 4.19. The Kier molecular flexibility index (Phi) is 5.41. The molecule has 1 fully saturated rings. The van der Waals surface area contributed by atoms with Crippen LogP contribution in [-0.2, 0) is 10.0 Å². The van der Waals surface area contributed by atoms with Crippen molar-refractivity contribution in [3.8, 4) is 0 Å². The maximum Gasteiger partial charge on any atom is 0.243 e. The second kappa shape index (κ2) is 7.40. The summed E-state index contributed by atoms with van der Waals surface area (Å²) in [4.78, 5) is -0.346. The number of hydrogen-bond acceptors (Lipinski definition) is 2. The molecule has 7 heteroatoms. The monoisotopic (exact) mass is 385 g/mol. The molecule has 1 aliphatic heterocycles. The summed E-state index contributed by atoms with van der Waals surface area (Å²) in [6, 6.07) is 9.74. The zero-order valence-electron chi connectivity index (χ0n) is 13.5. The van der Waals surface area contributed by atoms with Crippen molar-refractivity contribution in [1.82, 2.24) is 4.31 Å². The van der Waals surface area contributed by atoms with Crippen molar-refractivity contribution in [2.24, 2.45) is 0 Å². The molecule has 2 aromatic carbocycles. The Balaban J connectivity index is 1.90. The van der Waals surface area contributed by atoms with Crippen LogP contribution in [0.2, 0.25) is 5.02 Å². The first-order valence-corrected chi connectivity index (χ1v) is 9.90. The lowest BCUT2D eigenvalue weighted by molar-refractivity contribution is 0.405. The van der Waals surface area contributed by atoms with Gasteiger partial charge in [0.2, 0.25) is 10.0 Å². The smallest absolute Gasteiger partial charge is 0.207 e. The van der Waals surface area contributed by atoms with E-state index in [0.717, 1.165) is 30.5 Å². The maximum atomic E-state index is 13.4. The maximum absolute atomic E-state index is 13.4. The first kappa shape index (κ1) is 18.3. The van der Waals surface area contributed by atoms with Crippen molar-refractivity contribution in [2.75, 3.05) is 13.1 Å². The Morgan fingerprint density at radius 1 is 1.00 bits per heavy atom. The molecule has 1 unspecified atom stereocenters. The van der Waals surface area contributed by atoms with Gasteiger partial charge in [0.05, 0.1) is 4.90 Å². The highest BCUT2D eigenvalue weighted by atomic mass is 35.5. The Hall–Kier alpha value is -1.50. The molecule has 0 saturated carbocycles. The molecule has 0 amide bonds. The molecule has 0 spiro atoms. The van der Waals surface area contributed by atoms with Gasteiger partial charge in [0.1, 0.15) is 11.6 Å². The highest BCUT2D eigenvalue weighted by molar-refractivity contribution is 7.89. The van der Waals surface area contributed by atoms with Crippen LogP contribution in [0.15, 0.2) is 47.4 Å². The summed E-state index contributed by atoms with van der Waals surface area (Å²) in [5.41, 5.74) is 1.01. The van der Waals surface area contributed by atoms with Gasteiger partial charge in [-0.2, -0.15) is 4.31 Å². The van der Waals surface area contributed by atoms with Crippen LogP contribution >= 0.6 is 11.6 Å². The van der Waals surface area contributed by atoms with Crippen molar-refractivity contribution >= 4 is 21.6 Å². The lowest BCUT2D eigenvalue weighted by Crippen LogP contribution is -2.34. The van der Waals surface area contributed by atoms with E-state index >= 15 is 0 Å². The third-order valence-corrected chi connectivity index (χ3v) is 6.54. The van der Waals surface area contributed by atoms with Gasteiger partial charge in [0.15, 0.2) is 0 Å². The van der Waals surface area contributed by atoms with Crippen LogP contribution in [0.4, 0.5) is 8.78 Å². The number of benzene rings is 2. The van der Waals surface area contributed by atoms with Gasteiger partial charge in [-0.3, -0.25) is 0 Å². The van der Waals surface area contributed by atoms with E-state index in [-0.39, 0.29) is 17.4 Å². The van der Waals surface area contributed by atoms with Gasteiger partial charge in [0, 0.05) is 24.2 Å². The first-order chi connectivity index (χ1) is 11.9. The number of halogens is 3. The average molecular weight is 386 g/mol. The lowest BCUT2D eigenvalue weighted by atomic mass is 9.95. The van der Waals surface area contributed by atoms with Crippen LogP contribution in [0.1, 0.15) is 30.7 Å². The molecule has 134 valence electrons. The van der Waals surface area contributed by atoms with E-state index in [2.05, 4.69) is 0 Å². The Labute approximate surface area is 151 Å². The fraction of sp³-hybridized carbons (Fsp3) is 0.333. The molecule has 0 bridgehead atoms. The summed E-state index contributed by atoms with van der Waals surface area (Å²) in [6.07, 6.45) is 2.45. The van der Waals surface area contributed by atoms with Crippen LogP contribution in [-0.4, -0.2) is 25.8 Å². The summed E-state index contributed by atoms with van der Waals surface area (Å²) in [7, 11) is -3.95. The van der Waals surface area contributed by atoms with E-state index in [1.165, 1.54) is 4.31 Å². The van der Waals surface area contributed by atoms with Crippen LogP contribution in [0, 0.1) is 11.6 Å². The Bertz CT molecular complexity index is 836. The molecule has 1 aliphatic rings. The van der Waals surface area contributed by atoms with E-state index in [9.17, 15) is 17.2 Å². The van der Waals surface area contributed by atoms with E-state index < -0.39 is 21.7 Å². The molecule has 3 nitrogen and oxygen atoms in total. The fourth-order valence-corrected chi connectivity index (χ4v) is 4.85. The largest absolute Gasteiger partial charge is 0.243 e. The second-order valence-electron chi connectivity index (χ2n) is 6.21. The predicted molar refractivity (Wildman–Crippen MR) is 93.2 cm³/mol. The van der Waals surface area contributed by atoms with Gasteiger partial charge in [-0.05, 0) is 48.6 Å². The number of rotatable bonds is 3. The molecular formula is C18H18ClF2NO2S. The van der Waals surface area contributed by atoms with Crippen molar-refractivity contribution < 1.29 is 17.2 Å². The average Bonchev–Trinajstić information content (AvgIpc) is 2.81. The standard InChI is InChI=1S/C18H18ClF2NO2S/c19-15-6-4-13(5-7-15)14-3-1-2-8-22(12-14)25(23,24)18-10-16(20)9-17(21)11-18/h4-7,9-11,14H,1-3,8,12H2. The lowest BCUT2D eigenvalue weighted by Gasteiger charge is -2.24. The minimum absolute atomic E-state index is 0.0212. The molecule has 2 aromatic rings. The highest BCUT2D eigenvalue weighted by Crippen LogP contribution is 2.30. The fourth-order valence-electron chi connectivity index (χ4n) is 3.16. The van der Waals surface area contributed by atoms with Crippen molar-refractivity contribution in [2.45, 2.75) is 30.1 Å². The second-order valence-corrected chi connectivity index (χ2v) is 8.59. The SMILES string of the molecule is O=S(=O)(c1cc(F)cc(F)c1)N1CCCCC(c2ccc(Cl)cc2)C1. The first-order valence-electron chi connectivity index (χ1n) is 8.08. The molecule has 0 aliphatic carbocycles. The zero-order valence-corrected chi connectivity index (χ0v) is 15.0. The van der Waals surface area contributed by atoms with Crippen molar-refractivity contribution in [3.63, 3.8) is 0 Å². The highest BCUT2D eigenvalue weighted by Gasteiger charge is 2.30. The summed E-state index contributed by atoms with van der Waals surface area (Å²) in [5.74, 6) is -1.78. The Morgan fingerprint density at radius 2 is 1.64 bits per heavy atom. The van der Waals surface area contributed by atoms with Crippen LogP contribution in [0.3, 0.4) is 0 Å². The predicted octanol–water partition coefficient (Wildman–Crippen LogP) is 4.58. The summed E-state index contributed by atoms with van der Waals surface area (Å²) >= 11 is 5.92. The quantitative estimate of drug-likeness (QED) is 0.775. The molecule has 25 heavy (non-hydrogen) atoms. The minimum Gasteiger partial charge on any atom is -0.207 e. The summed E-state index contributed by atoms with van der Waals surface area (Å²) in [5, 5.41) is 0.622. The van der Waals surface area contributed by atoms with E-state index in [0.29, 0.717) is 24.1 Å². The molecule has 1 heterocycles. The van der Waals surface area contributed by atoms with Crippen LogP contribution in [0.25, 0.3) is 0 Å². The van der Waals surface area contributed by atoms with E-state index in [1.807, 2.05) is 12.1 Å². The molecule has 1 atom stereocenters. The Morgan fingerprint density at radius 3 is 2.28 bits per heavy atom. The van der Waals surface area contributed by atoms with Gasteiger partial charge in [-0.1, -0.05) is 30.2 Å². The molecule has 0 N–H and O–H groups in total. The molecule has 1 saturated heterocycles. The minimum atomic E-state index is -3.95. The van der Waals surface area contributed by atoms with Gasteiger partial charge in [-0.25, -0.2) is 17.2 Å². The molecular weight excluding hydrogens is 368 g/mol. The van der Waals surface area contributed by atoms with Gasteiger partial charge in [-0.15, -0.1) is 0 Å². The van der Waals surface area contributed by atoms with Gasteiger partial charge < -0.3 is 0 Å². The third-order valence-electron chi connectivity index (χ3n) is 4.45. The normalized spacial score (nSPS) is 19.6. The van der Waals surface area contributed by atoms with Gasteiger partial charge >= 0.3 is 0 Å². The number of hydrogen-bond donors (Lipinski definition) is 0.